The number of fused-ring (bicyclic) bond motifs is 1. The van der Waals surface area contributed by atoms with E-state index in [0.29, 0.717) is 23.4 Å². The average Bonchev–Trinajstić information content (AvgIpc) is 2.96. The van der Waals surface area contributed by atoms with Gasteiger partial charge in [-0.1, -0.05) is 31.2 Å². The quantitative estimate of drug-likeness (QED) is 0.631. The lowest BCUT2D eigenvalue weighted by atomic mass is 9.78. The molecule has 2 aromatic carbocycles. The van der Waals surface area contributed by atoms with Crippen LogP contribution in [0, 0.1) is 31.6 Å². The highest BCUT2D eigenvalue weighted by atomic mass is 16.2. The summed E-state index contributed by atoms with van der Waals surface area (Å²) < 4.78 is 0. The van der Waals surface area contributed by atoms with Crippen LogP contribution in [0.15, 0.2) is 54.6 Å². The first kappa shape index (κ1) is 19.1. The third-order valence-electron chi connectivity index (χ3n) is 6.00. The number of carbonyl (C=O) groups excluding carboxylic acids is 3. The molecule has 1 saturated heterocycles. The van der Waals surface area contributed by atoms with Gasteiger partial charge in [0.15, 0.2) is 0 Å². The van der Waals surface area contributed by atoms with Crippen molar-refractivity contribution in [3.05, 3.63) is 71.3 Å². The maximum atomic E-state index is 13.0. The molecule has 1 N–H and O–H groups in total. The lowest BCUT2D eigenvalue weighted by Gasteiger charge is -2.22. The molecule has 3 amide bonds. The van der Waals surface area contributed by atoms with Gasteiger partial charge in [0.2, 0.25) is 11.8 Å². The predicted molar refractivity (Wildman–Crippen MR) is 113 cm³/mol. The number of allylic oxidation sites excluding steroid dienone is 2. The molecule has 1 aliphatic carbocycles. The summed E-state index contributed by atoms with van der Waals surface area (Å²) in [6, 6.07) is 12.4. The van der Waals surface area contributed by atoms with Crippen molar-refractivity contribution in [2.75, 3.05) is 10.2 Å². The van der Waals surface area contributed by atoms with E-state index >= 15 is 0 Å². The lowest BCUT2D eigenvalue weighted by molar-refractivity contribution is -0.122. The standard InChI is InChI=1S/C24H24N2O3/c1-14-10-11-18(12-16(14)3)25-22(27)17-7-5-8-19(13-17)26-23(28)20-9-4-6-15(2)21(20)24(26)29/h4-8,10-13,15,20-21H,9H2,1-3H3,(H,25,27)/t15-,20+,21+/m1/s1. The van der Waals surface area contributed by atoms with E-state index in [1.54, 1.807) is 24.3 Å². The minimum atomic E-state index is -0.319. The molecule has 1 fully saturated rings. The number of imide groups is 1. The molecule has 0 saturated carbocycles. The topological polar surface area (TPSA) is 66.5 Å². The molecule has 4 rings (SSSR count). The largest absolute Gasteiger partial charge is 0.322 e. The Labute approximate surface area is 170 Å². The Bertz CT molecular complexity index is 1040. The highest BCUT2D eigenvalue weighted by Crippen LogP contribution is 2.40. The molecule has 1 aliphatic heterocycles. The van der Waals surface area contributed by atoms with E-state index in [1.165, 1.54) is 4.90 Å². The van der Waals surface area contributed by atoms with Gasteiger partial charge in [-0.2, -0.15) is 0 Å². The minimum absolute atomic E-state index is 0.0338. The van der Waals surface area contributed by atoms with E-state index in [1.807, 2.05) is 51.1 Å². The summed E-state index contributed by atoms with van der Waals surface area (Å²) in [4.78, 5) is 39.9. The maximum Gasteiger partial charge on any atom is 0.255 e. The second kappa shape index (κ2) is 7.32. The van der Waals surface area contributed by atoms with E-state index in [4.69, 9.17) is 0 Å². The molecule has 0 radical (unpaired) electrons. The second-order valence-corrected chi connectivity index (χ2v) is 7.97. The van der Waals surface area contributed by atoms with Crippen molar-refractivity contribution in [2.24, 2.45) is 17.8 Å². The van der Waals surface area contributed by atoms with Crippen LogP contribution in [-0.2, 0) is 9.59 Å². The molecule has 5 heteroatoms. The Morgan fingerprint density at radius 1 is 1.03 bits per heavy atom. The Balaban J connectivity index is 1.59. The van der Waals surface area contributed by atoms with Crippen molar-refractivity contribution in [3.8, 4) is 0 Å². The van der Waals surface area contributed by atoms with Crippen LogP contribution in [-0.4, -0.2) is 17.7 Å². The van der Waals surface area contributed by atoms with Crippen LogP contribution in [0.4, 0.5) is 11.4 Å². The zero-order chi connectivity index (χ0) is 20.7. The number of nitrogens with zero attached hydrogens (tertiary/aromatic N) is 1. The fourth-order valence-corrected chi connectivity index (χ4v) is 4.21. The van der Waals surface area contributed by atoms with Crippen LogP contribution >= 0.6 is 0 Å². The van der Waals surface area contributed by atoms with Crippen LogP contribution in [0.3, 0.4) is 0 Å². The first-order chi connectivity index (χ1) is 13.9. The number of nitrogens with one attached hydrogen (secondary N) is 1. The fourth-order valence-electron chi connectivity index (χ4n) is 4.21. The van der Waals surface area contributed by atoms with Crippen LogP contribution < -0.4 is 10.2 Å². The van der Waals surface area contributed by atoms with Gasteiger partial charge < -0.3 is 5.32 Å². The van der Waals surface area contributed by atoms with Crippen molar-refractivity contribution in [3.63, 3.8) is 0 Å². The van der Waals surface area contributed by atoms with Gasteiger partial charge in [-0.3, -0.25) is 19.3 Å². The Kier molecular flexibility index (Phi) is 4.82. The van der Waals surface area contributed by atoms with Gasteiger partial charge in [-0.05, 0) is 67.6 Å². The molecule has 29 heavy (non-hydrogen) atoms. The number of hydrogen-bond donors (Lipinski definition) is 1. The van der Waals surface area contributed by atoms with Gasteiger partial charge in [0.05, 0.1) is 17.5 Å². The van der Waals surface area contributed by atoms with Crippen LogP contribution in [0.2, 0.25) is 0 Å². The number of benzene rings is 2. The summed E-state index contributed by atoms with van der Waals surface area (Å²) in [6.45, 7) is 5.98. The van der Waals surface area contributed by atoms with Crippen LogP contribution in [0.25, 0.3) is 0 Å². The molecule has 0 unspecified atom stereocenters. The Morgan fingerprint density at radius 2 is 1.83 bits per heavy atom. The SMILES string of the molecule is Cc1ccc(NC(=O)c2cccc(N3C(=O)[C@H]4[C@H](C)C=CC[C@@H]4C3=O)c2)cc1C. The molecule has 5 nitrogen and oxygen atoms in total. The summed E-state index contributed by atoms with van der Waals surface area (Å²) >= 11 is 0. The number of carbonyl (C=O) groups is 3. The molecule has 148 valence electrons. The highest BCUT2D eigenvalue weighted by Gasteiger charge is 2.50. The zero-order valence-corrected chi connectivity index (χ0v) is 16.8. The normalized spacial score (nSPS) is 23.3. The summed E-state index contributed by atoms with van der Waals surface area (Å²) in [5, 5.41) is 2.89. The zero-order valence-electron chi connectivity index (χ0n) is 16.8. The smallest absolute Gasteiger partial charge is 0.255 e. The Hall–Kier alpha value is -3.21. The third kappa shape index (κ3) is 3.37. The predicted octanol–water partition coefficient (Wildman–Crippen LogP) is 4.26. The van der Waals surface area contributed by atoms with Gasteiger partial charge in [0.25, 0.3) is 5.91 Å². The molecule has 0 spiro atoms. The molecule has 1 heterocycles. The summed E-state index contributed by atoms with van der Waals surface area (Å²) in [6.07, 6.45) is 4.57. The van der Waals surface area contributed by atoms with Crippen molar-refractivity contribution in [1.29, 1.82) is 0 Å². The summed E-state index contributed by atoms with van der Waals surface area (Å²) in [5.74, 6) is -1.23. The fraction of sp³-hybridized carbons (Fsp3) is 0.292. The highest BCUT2D eigenvalue weighted by molar-refractivity contribution is 6.22. The Morgan fingerprint density at radius 3 is 2.55 bits per heavy atom. The molecule has 3 atom stereocenters. The summed E-state index contributed by atoms with van der Waals surface area (Å²) in [7, 11) is 0. The first-order valence-corrected chi connectivity index (χ1v) is 9.90. The van der Waals surface area contributed by atoms with Crippen molar-refractivity contribution < 1.29 is 14.4 Å². The second-order valence-electron chi connectivity index (χ2n) is 7.97. The van der Waals surface area contributed by atoms with Gasteiger partial charge in [-0.15, -0.1) is 0 Å². The molecule has 0 bridgehead atoms. The third-order valence-corrected chi connectivity index (χ3v) is 6.00. The molecule has 2 aliphatic rings. The van der Waals surface area contributed by atoms with E-state index in [0.717, 1.165) is 11.1 Å². The van der Waals surface area contributed by atoms with E-state index in [-0.39, 0.29) is 35.5 Å². The number of hydrogen-bond acceptors (Lipinski definition) is 3. The van der Waals surface area contributed by atoms with Crippen LogP contribution in [0.5, 0.6) is 0 Å². The van der Waals surface area contributed by atoms with Gasteiger partial charge in [0, 0.05) is 11.3 Å². The number of amides is 3. The molecule has 0 aromatic heterocycles. The van der Waals surface area contributed by atoms with E-state index in [9.17, 15) is 14.4 Å². The van der Waals surface area contributed by atoms with E-state index < -0.39 is 0 Å². The van der Waals surface area contributed by atoms with E-state index in [2.05, 4.69) is 5.32 Å². The maximum absolute atomic E-state index is 13.0. The van der Waals surface area contributed by atoms with Gasteiger partial charge in [-0.25, -0.2) is 0 Å². The van der Waals surface area contributed by atoms with Gasteiger partial charge >= 0.3 is 0 Å². The average molecular weight is 388 g/mol. The number of anilines is 2. The first-order valence-electron chi connectivity index (χ1n) is 9.90. The van der Waals surface area contributed by atoms with Gasteiger partial charge in [0.1, 0.15) is 0 Å². The molecule has 2 aromatic rings. The van der Waals surface area contributed by atoms with Crippen LogP contribution in [0.1, 0.15) is 34.8 Å². The number of aryl methyl sites for hydroxylation is 2. The van der Waals surface area contributed by atoms with Crippen molar-refractivity contribution in [2.45, 2.75) is 27.2 Å². The molecular weight excluding hydrogens is 364 g/mol. The monoisotopic (exact) mass is 388 g/mol. The summed E-state index contributed by atoms with van der Waals surface area (Å²) in [5.41, 5.74) is 3.82. The lowest BCUT2D eigenvalue weighted by Crippen LogP contribution is -2.31. The van der Waals surface area contributed by atoms with Crippen molar-refractivity contribution in [1.82, 2.24) is 0 Å². The number of rotatable bonds is 3. The molecular formula is C24H24N2O3. The van der Waals surface area contributed by atoms with Crippen molar-refractivity contribution >= 4 is 29.1 Å². The minimum Gasteiger partial charge on any atom is -0.322 e.